The SMILES string of the molecule is CCOC(=O)C1=C(c2ccccc2)OC(N)=C(C(=O)OC)[C@H]1c1ccc(C#N)cc1. The minimum absolute atomic E-state index is 0.00931. The van der Waals surface area contributed by atoms with Gasteiger partial charge < -0.3 is 19.9 Å². The average Bonchev–Trinajstić information content (AvgIpc) is 2.78. The Morgan fingerprint density at radius 2 is 1.73 bits per heavy atom. The second-order valence-corrected chi connectivity index (χ2v) is 6.37. The van der Waals surface area contributed by atoms with Crippen LogP contribution in [-0.2, 0) is 23.8 Å². The molecule has 2 aromatic carbocycles. The highest BCUT2D eigenvalue weighted by molar-refractivity contribution is 6.04. The first kappa shape index (κ1) is 20.7. The molecule has 0 spiro atoms. The van der Waals surface area contributed by atoms with Gasteiger partial charge in [-0.2, -0.15) is 5.26 Å². The maximum atomic E-state index is 13.0. The van der Waals surface area contributed by atoms with Gasteiger partial charge in [-0.05, 0) is 24.6 Å². The van der Waals surface area contributed by atoms with Crippen molar-refractivity contribution in [3.8, 4) is 6.07 Å². The van der Waals surface area contributed by atoms with Crippen LogP contribution in [0.25, 0.3) is 5.76 Å². The van der Waals surface area contributed by atoms with Crippen molar-refractivity contribution in [1.82, 2.24) is 0 Å². The van der Waals surface area contributed by atoms with E-state index in [2.05, 4.69) is 0 Å². The smallest absolute Gasteiger partial charge is 0.340 e. The van der Waals surface area contributed by atoms with E-state index in [-0.39, 0.29) is 29.4 Å². The van der Waals surface area contributed by atoms with Crippen LogP contribution in [0.3, 0.4) is 0 Å². The first-order valence-electron chi connectivity index (χ1n) is 9.24. The predicted molar refractivity (Wildman–Crippen MR) is 108 cm³/mol. The van der Waals surface area contributed by atoms with E-state index < -0.39 is 17.9 Å². The fraction of sp³-hybridized carbons (Fsp3) is 0.174. The molecule has 0 aromatic heterocycles. The summed E-state index contributed by atoms with van der Waals surface area (Å²) in [6.45, 7) is 1.82. The number of hydrogen-bond acceptors (Lipinski definition) is 7. The van der Waals surface area contributed by atoms with Gasteiger partial charge in [0.25, 0.3) is 0 Å². The third kappa shape index (κ3) is 3.89. The lowest BCUT2D eigenvalue weighted by Crippen LogP contribution is -2.30. The lowest BCUT2D eigenvalue weighted by Gasteiger charge is -2.29. The van der Waals surface area contributed by atoms with E-state index in [0.29, 0.717) is 16.7 Å². The van der Waals surface area contributed by atoms with Crippen molar-refractivity contribution in [2.75, 3.05) is 13.7 Å². The third-order valence-electron chi connectivity index (χ3n) is 4.61. The summed E-state index contributed by atoms with van der Waals surface area (Å²) in [4.78, 5) is 25.6. The number of nitrogens with two attached hydrogens (primary N) is 1. The molecule has 2 aromatic rings. The zero-order chi connectivity index (χ0) is 21.7. The molecule has 1 aliphatic heterocycles. The Morgan fingerprint density at radius 3 is 2.30 bits per heavy atom. The van der Waals surface area contributed by atoms with E-state index in [0.717, 1.165) is 0 Å². The molecule has 1 aliphatic rings. The van der Waals surface area contributed by atoms with Crippen molar-refractivity contribution < 1.29 is 23.8 Å². The third-order valence-corrected chi connectivity index (χ3v) is 4.61. The maximum absolute atomic E-state index is 13.0. The number of nitrogens with zero attached hydrogens (tertiary/aromatic N) is 1. The average molecular weight is 404 g/mol. The van der Waals surface area contributed by atoms with Crippen LogP contribution in [0.1, 0.15) is 29.5 Å². The van der Waals surface area contributed by atoms with Crippen molar-refractivity contribution in [3.63, 3.8) is 0 Å². The first-order valence-corrected chi connectivity index (χ1v) is 9.24. The summed E-state index contributed by atoms with van der Waals surface area (Å²) in [5.41, 5.74) is 7.85. The van der Waals surface area contributed by atoms with E-state index in [9.17, 15) is 9.59 Å². The lowest BCUT2D eigenvalue weighted by atomic mass is 9.81. The Bertz CT molecular complexity index is 1060. The molecule has 0 saturated carbocycles. The van der Waals surface area contributed by atoms with E-state index in [4.69, 9.17) is 25.2 Å². The number of benzene rings is 2. The predicted octanol–water partition coefficient (Wildman–Crippen LogP) is 2.99. The van der Waals surface area contributed by atoms with Gasteiger partial charge in [-0.25, -0.2) is 9.59 Å². The van der Waals surface area contributed by atoms with Gasteiger partial charge in [0.15, 0.2) is 0 Å². The van der Waals surface area contributed by atoms with Crippen LogP contribution in [0.15, 0.2) is 71.6 Å². The molecule has 2 N–H and O–H groups in total. The summed E-state index contributed by atoms with van der Waals surface area (Å²) in [5.74, 6) is -2.22. The van der Waals surface area contributed by atoms with Gasteiger partial charge in [0.2, 0.25) is 5.88 Å². The normalized spacial score (nSPS) is 15.8. The Hall–Kier alpha value is -4.05. The van der Waals surface area contributed by atoms with Crippen molar-refractivity contribution in [3.05, 3.63) is 88.3 Å². The van der Waals surface area contributed by atoms with Gasteiger partial charge in [-0.15, -0.1) is 0 Å². The highest BCUT2D eigenvalue weighted by Gasteiger charge is 2.41. The van der Waals surface area contributed by atoms with Crippen LogP contribution in [0.2, 0.25) is 0 Å². The molecule has 7 nitrogen and oxygen atoms in total. The number of rotatable bonds is 5. The van der Waals surface area contributed by atoms with Crippen LogP contribution >= 0.6 is 0 Å². The zero-order valence-electron chi connectivity index (χ0n) is 16.5. The number of carbonyl (C=O) groups is 2. The fourth-order valence-electron chi connectivity index (χ4n) is 3.27. The van der Waals surface area contributed by atoms with Crippen LogP contribution in [0, 0.1) is 11.3 Å². The second kappa shape index (κ2) is 8.97. The monoisotopic (exact) mass is 404 g/mol. The van der Waals surface area contributed by atoms with Crippen LogP contribution in [0.4, 0.5) is 0 Å². The van der Waals surface area contributed by atoms with Crippen LogP contribution in [0.5, 0.6) is 0 Å². The zero-order valence-corrected chi connectivity index (χ0v) is 16.5. The fourth-order valence-corrected chi connectivity index (χ4v) is 3.27. The summed E-state index contributed by atoms with van der Waals surface area (Å²) >= 11 is 0. The molecule has 1 heterocycles. The molecule has 7 heteroatoms. The van der Waals surface area contributed by atoms with E-state index in [1.165, 1.54) is 7.11 Å². The van der Waals surface area contributed by atoms with Gasteiger partial charge in [-0.3, -0.25) is 0 Å². The Kier molecular flexibility index (Phi) is 6.18. The van der Waals surface area contributed by atoms with Gasteiger partial charge >= 0.3 is 11.9 Å². The molecular weight excluding hydrogens is 384 g/mol. The molecule has 0 unspecified atom stereocenters. The highest BCUT2D eigenvalue weighted by Crippen LogP contribution is 2.43. The largest absolute Gasteiger partial charge is 0.465 e. The van der Waals surface area contributed by atoms with E-state index >= 15 is 0 Å². The lowest BCUT2D eigenvalue weighted by molar-refractivity contribution is -0.139. The van der Waals surface area contributed by atoms with Crippen molar-refractivity contribution in [2.24, 2.45) is 5.73 Å². The minimum Gasteiger partial charge on any atom is -0.465 e. The number of hydrogen-bond donors (Lipinski definition) is 1. The standard InChI is InChI=1S/C23H20N2O5/c1-3-29-23(27)18-17(15-11-9-14(13-24)10-12-15)19(22(26)28-2)21(25)30-20(18)16-7-5-4-6-8-16/h4-12,17H,3,25H2,1-2H3/t17-/m0/s1. The van der Waals surface area contributed by atoms with Crippen molar-refractivity contribution in [1.29, 1.82) is 5.26 Å². The molecule has 0 saturated heterocycles. The van der Waals surface area contributed by atoms with Crippen molar-refractivity contribution >= 4 is 17.7 Å². The Balaban J connectivity index is 2.29. The second-order valence-electron chi connectivity index (χ2n) is 6.37. The van der Waals surface area contributed by atoms with Gasteiger partial charge in [0.1, 0.15) is 11.3 Å². The molecular formula is C23H20N2O5. The molecule has 30 heavy (non-hydrogen) atoms. The number of nitriles is 1. The summed E-state index contributed by atoms with van der Waals surface area (Å²) in [6, 6.07) is 17.5. The Morgan fingerprint density at radius 1 is 1.07 bits per heavy atom. The molecule has 152 valence electrons. The first-order chi connectivity index (χ1) is 14.5. The maximum Gasteiger partial charge on any atom is 0.340 e. The number of esters is 2. The summed E-state index contributed by atoms with van der Waals surface area (Å²) in [7, 11) is 1.22. The van der Waals surface area contributed by atoms with Crippen LogP contribution in [-0.4, -0.2) is 25.7 Å². The number of ether oxygens (including phenoxy) is 3. The van der Waals surface area contributed by atoms with Gasteiger partial charge in [0, 0.05) is 5.56 Å². The van der Waals surface area contributed by atoms with Gasteiger partial charge in [0.05, 0.1) is 36.8 Å². The quantitative estimate of drug-likeness (QED) is 0.763. The molecule has 1 atom stereocenters. The molecule has 0 amide bonds. The number of methoxy groups -OCH3 is 1. The topological polar surface area (TPSA) is 112 Å². The highest BCUT2D eigenvalue weighted by atomic mass is 16.5. The molecule has 0 aliphatic carbocycles. The van der Waals surface area contributed by atoms with E-state index in [1.54, 1.807) is 55.5 Å². The summed E-state index contributed by atoms with van der Waals surface area (Å²) in [6.07, 6.45) is 0. The summed E-state index contributed by atoms with van der Waals surface area (Å²) in [5, 5.41) is 9.10. The minimum atomic E-state index is -0.895. The molecule has 3 rings (SSSR count). The Labute approximate surface area is 174 Å². The molecule has 0 fully saturated rings. The molecule has 0 bridgehead atoms. The van der Waals surface area contributed by atoms with Crippen molar-refractivity contribution in [2.45, 2.75) is 12.8 Å². The van der Waals surface area contributed by atoms with Gasteiger partial charge in [-0.1, -0.05) is 42.5 Å². The van der Waals surface area contributed by atoms with E-state index in [1.807, 2.05) is 12.1 Å². The summed E-state index contributed by atoms with van der Waals surface area (Å²) < 4.78 is 16.0. The number of carbonyl (C=O) groups excluding carboxylic acids is 2. The molecule has 0 radical (unpaired) electrons. The van der Waals surface area contributed by atoms with Crippen LogP contribution < -0.4 is 5.73 Å².